The van der Waals surface area contributed by atoms with Crippen LogP contribution in [0.3, 0.4) is 0 Å². The third kappa shape index (κ3) is 2.38. The number of fused-ring (bicyclic) bond motifs is 3. The average molecular weight is 335 g/mol. The molecule has 0 saturated heterocycles. The molecular weight excluding hydrogens is 322 g/mol. The smallest absolute Gasteiger partial charge is 0.385 e. The number of rotatable bonds is 1. The third-order valence-corrected chi connectivity index (χ3v) is 6.79. The van der Waals surface area contributed by atoms with Gasteiger partial charge in [0.2, 0.25) is 0 Å². The maximum atomic E-state index is 10.6. The van der Waals surface area contributed by atoms with Gasteiger partial charge in [-0.15, -0.1) is 27.7 Å². The minimum Gasteiger partial charge on any atom is -0.870 e. The van der Waals surface area contributed by atoms with Gasteiger partial charge in [0.25, 0.3) is 5.01 Å². The van der Waals surface area contributed by atoms with E-state index in [2.05, 4.69) is 28.1 Å². The Bertz CT molecular complexity index is 765. The van der Waals surface area contributed by atoms with Crippen LogP contribution in [-0.2, 0) is 6.54 Å². The molecule has 3 aromatic rings. The van der Waals surface area contributed by atoms with Crippen LogP contribution in [0.5, 0.6) is 5.88 Å². The molecule has 0 bridgehead atoms. The summed E-state index contributed by atoms with van der Waals surface area (Å²) < 4.78 is 2.06. The van der Waals surface area contributed by atoms with Crippen LogP contribution in [0.15, 0.2) is 46.7 Å². The molecule has 6 heteroatoms. The van der Waals surface area contributed by atoms with Crippen molar-refractivity contribution in [2.45, 2.75) is 11.4 Å². The molecule has 4 rings (SSSR count). The molecule has 0 atom stereocenters. The molecule has 0 unspecified atom stereocenters. The molecule has 2 N–H and O–H groups in total. The van der Waals surface area contributed by atoms with Gasteiger partial charge in [0.15, 0.2) is 11.4 Å². The van der Waals surface area contributed by atoms with E-state index in [4.69, 9.17) is 0 Å². The summed E-state index contributed by atoms with van der Waals surface area (Å²) in [6, 6.07) is 12.3. The lowest BCUT2D eigenvalue weighted by molar-refractivity contribution is -0.682. The normalized spacial score (nSPS) is 13.0. The molecule has 21 heavy (non-hydrogen) atoms. The molecule has 1 aliphatic rings. The van der Waals surface area contributed by atoms with Gasteiger partial charge in [-0.1, -0.05) is 41.7 Å². The number of aromatic hydroxyl groups is 1. The molecule has 0 aliphatic carbocycles. The van der Waals surface area contributed by atoms with Crippen molar-refractivity contribution in [2.24, 2.45) is 0 Å². The highest BCUT2D eigenvalue weighted by Crippen LogP contribution is 2.44. The van der Waals surface area contributed by atoms with E-state index in [1.807, 2.05) is 30.0 Å². The first kappa shape index (κ1) is 14.6. The maximum absolute atomic E-state index is 10.6. The monoisotopic (exact) mass is 335 g/mol. The second-order valence-electron chi connectivity index (χ2n) is 4.54. The molecule has 3 heterocycles. The van der Waals surface area contributed by atoms with Crippen molar-refractivity contribution in [3.63, 3.8) is 0 Å². The van der Waals surface area contributed by atoms with Gasteiger partial charge in [-0.3, -0.25) is 0 Å². The van der Waals surface area contributed by atoms with Gasteiger partial charge >= 0.3 is 5.88 Å². The fraction of sp³-hybridized carbons (Fsp3) is 0.133. The lowest BCUT2D eigenvalue weighted by atomic mass is 10.2. The first-order valence-electron chi connectivity index (χ1n) is 6.36. The minimum absolute atomic E-state index is 0. The number of thiazole rings is 1. The summed E-state index contributed by atoms with van der Waals surface area (Å²) in [5.41, 5.74) is 1.08. The quantitative estimate of drug-likeness (QED) is 0.682. The zero-order valence-electron chi connectivity index (χ0n) is 11.0. The number of hydrogen-bond donors (Lipinski definition) is 1. The van der Waals surface area contributed by atoms with Crippen LogP contribution in [0.4, 0.5) is 0 Å². The zero-order chi connectivity index (χ0) is 13.5. The van der Waals surface area contributed by atoms with Crippen molar-refractivity contribution in [1.29, 1.82) is 0 Å². The second kappa shape index (κ2) is 5.81. The Labute approximate surface area is 134 Å². The summed E-state index contributed by atoms with van der Waals surface area (Å²) in [7, 11) is 0. The summed E-state index contributed by atoms with van der Waals surface area (Å²) in [4.78, 5) is 3.59. The first-order chi connectivity index (χ1) is 9.84. The van der Waals surface area contributed by atoms with Gasteiger partial charge in [0.05, 0.1) is 5.75 Å². The Morgan fingerprint density at radius 2 is 1.86 bits per heavy atom. The summed E-state index contributed by atoms with van der Waals surface area (Å²) >= 11 is 5.31. The molecule has 1 aromatic carbocycles. The summed E-state index contributed by atoms with van der Waals surface area (Å²) in [6.45, 7) is 0.858. The van der Waals surface area contributed by atoms with E-state index in [0.717, 1.165) is 22.7 Å². The van der Waals surface area contributed by atoms with E-state index in [1.165, 1.54) is 14.8 Å². The van der Waals surface area contributed by atoms with E-state index in [9.17, 15) is 5.11 Å². The van der Waals surface area contributed by atoms with Gasteiger partial charge < -0.3 is 10.6 Å². The Hall–Kier alpha value is -1.34. The number of aromatic nitrogens is 1. The predicted molar refractivity (Wildman–Crippen MR) is 87.6 cm³/mol. The Kier molecular flexibility index (Phi) is 4.03. The van der Waals surface area contributed by atoms with Crippen LogP contribution in [0.25, 0.3) is 20.3 Å². The van der Waals surface area contributed by atoms with Crippen molar-refractivity contribution in [3.05, 3.63) is 41.8 Å². The molecule has 108 valence electrons. The highest BCUT2D eigenvalue weighted by atomic mass is 32.2. The number of benzene rings is 1. The third-order valence-electron chi connectivity index (χ3n) is 3.33. The summed E-state index contributed by atoms with van der Waals surface area (Å²) in [5.74, 6) is 1.40. The van der Waals surface area contributed by atoms with Gasteiger partial charge in [0.1, 0.15) is 4.88 Å². The van der Waals surface area contributed by atoms with Crippen LogP contribution in [0.2, 0.25) is 0 Å². The zero-order valence-corrected chi connectivity index (χ0v) is 13.5. The fourth-order valence-corrected chi connectivity index (χ4v) is 5.89. The number of thioether (sulfide) groups is 1. The highest BCUT2D eigenvalue weighted by molar-refractivity contribution is 7.99. The summed E-state index contributed by atoms with van der Waals surface area (Å²) in [5, 5.41) is 13.9. The number of hydrogen-bond acceptors (Lipinski definition) is 5. The average Bonchev–Trinajstić information content (AvgIpc) is 3.02. The Balaban J connectivity index is 0.00000132. The van der Waals surface area contributed by atoms with Gasteiger partial charge in [-0.25, -0.2) is 0 Å². The van der Waals surface area contributed by atoms with Gasteiger partial charge in [0, 0.05) is 10.5 Å². The second-order valence-corrected chi connectivity index (χ2v) is 7.59. The molecule has 2 aromatic heterocycles. The van der Waals surface area contributed by atoms with Crippen molar-refractivity contribution in [1.82, 2.24) is 0 Å². The van der Waals surface area contributed by atoms with Crippen LogP contribution in [0.1, 0.15) is 0 Å². The lowest BCUT2D eigenvalue weighted by Crippen LogP contribution is -2.34. The van der Waals surface area contributed by atoms with Crippen molar-refractivity contribution in [2.75, 3.05) is 5.75 Å². The highest BCUT2D eigenvalue weighted by Gasteiger charge is 2.32. The molecule has 3 nitrogen and oxygen atoms in total. The standard InChI is InChI=1S/C15H11NOS3.H2O/c17-14-12(10-4-2-1-3-5-10)20-15-13-11(6-8-19-13)18-9-7-16(14)15;/h1-6,8H,7,9H2;1H2. The van der Waals surface area contributed by atoms with Crippen molar-refractivity contribution >= 4 is 34.4 Å². The molecule has 0 fully saturated rings. The lowest BCUT2D eigenvalue weighted by Gasteiger charge is -1.95. The molecule has 0 amide bonds. The van der Waals surface area contributed by atoms with Crippen LogP contribution in [0, 0.1) is 0 Å². The SMILES string of the molecule is Oc1c(-c2ccccc2)sc2[n+]1CCSc1ccsc1-2.[OH-]. The Morgan fingerprint density at radius 1 is 1.05 bits per heavy atom. The van der Waals surface area contributed by atoms with E-state index in [0.29, 0.717) is 5.88 Å². The molecule has 0 saturated carbocycles. The van der Waals surface area contributed by atoms with E-state index in [1.54, 1.807) is 22.7 Å². The van der Waals surface area contributed by atoms with Crippen LogP contribution < -0.4 is 4.57 Å². The minimum atomic E-state index is 0. The van der Waals surface area contributed by atoms with E-state index >= 15 is 0 Å². The van der Waals surface area contributed by atoms with Gasteiger partial charge in [-0.05, 0) is 11.4 Å². The number of thiophene rings is 1. The topological polar surface area (TPSA) is 54.1 Å². The van der Waals surface area contributed by atoms with Crippen LogP contribution >= 0.6 is 34.4 Å². The Morgan fingerprint density at radius 3 is 2.67 bits per heavy atom. The van der Waals surface area contributed by atoms with E-state index < -0.39 is 0 Å². The summed E-state index contributed by atoms with van der Waals surface area (Å²) in [6.07, 6.45) is 0. The largest absolute Gasteiger partial charge is 0.870 e. The molecular formula is C15H13NO2S3. The predicted octanol–water partition coefficient (Wildman–Crippen LogP) is 4.07. The fourth-order valence-electron chi connectivity index (χ4n) is 2.38. The number of nitrogens with zero attached hydrogens (tertiary/aromatic N) is 1. The van der Waals surface area contributed by atoms with E-state index in [-0.39, 0.29) is 5.48 Å². The first-order valence-corrected chi connectivity index (χ1v) is 9.04. The maximum Gasteiger partial charge on any atom is 0.385 e. The molecule has 0 spiro atoms. The van der Waals surface area contributed by atoms with Gasteiger partial charge in [-0.2, -0.15) is 0 Å². The van der Waals surface area contributed by atoms with Crippen molar-refractivity contribution < 1.29 is 15.1 Å². The van der Waals surface area contributed by atoms with Crippen molar-refractivity contribution in [3.8, 4) is 26.2 Å². The molecule has 1 aliphatic heterocycles. The van der Waals surface area contributed by atoms with Crippen LogP contribution in [-0.4, -0.2) is 16.3 Å². The molecule has 0 radical (unpaired) electrons.